The molecule has 0 fully saturated rings. The van der Waals surface area contributed by atoms with Gasteiger partial charge in [0.05, 0.1) is 0 Å². The lowest BCUT2D eigenvalue weighted by atomic mass is 10.2. The van der Waals surface area contributed by atoms with Crippen molar-refractivity contribution in [1.29, 1.82) is 0 Å². The number of aromatic nitrogens is 2. The van der Waals surface area contributed by atoms with E-state index in [1.807, 2.05) is 31.2 Å². The largest absolute Gasteiger partial charge is 0.354 e. The number of benzene rings is 1. The number of carbonyl (C=O) groups is 1. The van der Waals surface area contributed by atoms with Crippen LogP contribution in [0.5, 0.6) is 0 Å². The van der Waals surface area contributed by atoms with Gasteiger partial charge in [0.1, 0.15) is 5.69 Å². The fraction of sp³-hybridized carbons (Fsp3) is 0.312. The Hall–Kier alpha value is -2.43. The third kappa shape index (κ3) is 4.56. The average Bonchev–Trinajstić information content (AvgIpc) is 2.50. The molecule has 5 nitrogen and oxygen atoms in total. The van der Waals surface area contributed by atoms with E-state index in [2.05, 4.69) is 27.5 Å². The molecule has 1 heterocycles. The summed E-state index contributed by atoms with van der Waals surface area (Å²) in [6.07, 6.45) is 3.73. The van der Waals surface area contributed by atoms with Crippen molar-refractivity contribution in [3.63, 3.8) is 0 Å². The van der Waals surface area contributed by atoms with Gasteiger partial charge in [-0.1, -0.05) is 31.0 Å². The molecule has 5 heteroatoms. The van der Waals surface area contributed by atoms with E-state index in [1.54, 1.807) is 12.3 Å². The van der Waals surface area contributed by atoms with Crippen LogP contribution in [0.25, 0.3) is 0 Å². The summed E-state index contributed by atoms with van der Waals surface area (Å²) >= 11 is 0. The maximum atomic E-state index is 12.2. The second-order valence-electron chi connectivity index (χ2n) is 4.87. The molecule has 0 atom stereocenters. The van der Waals surface area contributed by atoms with Gasteiger partial charge in [0.2, 0.25) is 5.95 Å². The number of rotatable bonds is 6. The maximum absolute atomic E-state index is 12.2. The second kappa shape index (κ2) is 7.38. The molecule has 110 valence electrons. The number of nitrogens with one attached hydrogen (secondary N) is 2. The van der Waals surface area contributed by atoms with Crippen molar-refractivity contribution >= 4 is 17.5 Å². The van der Waals surface area contributed by atoms with Gasteiger partial charge in [0.25, 0.3) is 5.91 Å². The lowest BCUT2D eigenvalue weighted by Gasteiger charge is -2.07. The molecule has 2 N–H and O–H groups in total. The summed E-state index contributed by atoms with van der Waals surface area (Å²) in [7, 11) is 0. The van der Waals surface area contributed by atoms with Crippen LogP contribution in [0.4, 0.5) is 11.6 Å². The van der Waals surface area contributed by atoms with Gasteiger partial charge >= 0.3 is 0 Å². The Kier molecular flexibility index (Phi) is 5.26. The number of anilines is 2. The normalized spacial score (nSPS) is 10.2. The lowest BCUT2D eigenvalue weighted by molar-refractivity contribution is 0.102. The van der Waals surface area contributed by atoms with Gasteiger partial charge in [-0.25, -0.2) is 9.97 Å². The molecular weight excluding hydrogens is 264 g/mol. The summed E-state index contributed by atoms with van der Waals surface area (Å²) in [5, 5.41) is 5.93. The van der Waals surface area contributed by atoms with Gasteiger partial charge in [-0.2, -0.15) is 0 Å². The van der Waals surface area contributed by atoms with E-state index in [0.29, 0.717) is 11.6 Å². The summed E-state index contributed by atoms with van der Waals surface area (Å²) in [4.78, 5) is 20.5. The Morgan fingerprint density at radius 3 is 2.67 bits per heavy atom. The summed E-state index contributed by atoms with van der Waals surface area (Å²) in [5.41, 5.74) is 2.26. The molecule has 1 aromatic carbocycles. The number of amides is 1. The van der Waals surface area contributed by atoms with Crippen LogP contribution in [0, 0.1) is 6.92 Å². The lowest BCUT2D eigenvalue weighted by Crippen LogP contribution is -2.15. The summed E-state index contributed by atoms with van der Waals surface area (Å²) in [5.74, 6) is 0.250. The highest BCUT2D eigenvalue weighted by atomic mass is 16.1. The predicted molar refractivity (Wildman–Crippen MR) is 84.6 cm³/mol. The standard InChI is InChI=1S/C16H20N4O/c1-3-4-10-17-16-18-11-9-14(20-16)15(21)19-13-7-5-12(2)6-8-13/h5-9,11H,3-4,10H2,1-2H3,(H,19,21)(H,17,18,20). The Balaban J connectivity index is 2.01. The van der Waals surface area contributed by atoms with Crippen molar-refractivity contribution in [3.05, 3.63) is 47.8 Å². The van der Waals surface area contributed by atoms with Gasteiger partial charge < -0.3 is 10.6 Å². The van der Waals surface area contributed by atoms with Crippen molar-refractivity contribution < 1.29 is 4.79 Å². The molecule has 0 unspecified atom stereocenters. The summed E-state index contributed by atoms with van der Waals surface area (Å²) in [6, 6.07) is 9.25. The molecule has 1 amide bonds. The van der Waals surface area contributed by atoms with E-state index in [4.69, 9.17) is 0 Å². The van der Waals surface area contributed by atoms with Crippen molar-refractivity contribution in [2.24, 2.45) is 0 Å². The molecular formula is C16H20N4O. The molecule has 1 aromatic heterocycles. The zero-order chi connectivity index (χ0) is 15.1. The van der Waals surface area contributed by atoms with Crippen molar-refractivity contribution in [2.45, 2.75) is 26.7 Å². The van der Waals surface area contributed by atoms with E-state index < -0.39 is 0 Å². The van der Waals surface area contributed by atoms with E-state index in [1.165, 1.54) is 0 Å². The van der Waals surface area contributed by atoms with Crippen LogP contribution in [0.2, 0.25) is 0 Å². The quantitative estimate of drug-likeness (QED) is 0.799. The Bertz CT molecular complexity index is 595. The highest BCUT2D eigenvalue weighted by Gasteiger charge is 2.09. The number of hydrogen-bond donors (Lipinski definition) is 2. The Morgan fingerprint density at radius 2 is 1.95 bits per heavy atom. The van der Waals surface area contributed by atoms with E-state index in [0.717, 1.165) is 30.6 Å². The third-order valence-corrected chi connectivity index (χ3v) is 3.01. The Morgan fingerprint density at radius 1 is 1.19 bits per heavy atom. The van der Waals surface area contributed by atoms with E-state index >= 15 is 0 Å². The molecule has 0 bridgehead atoms. The second-order valence-corrected chi connectivity index (χ2v) is 4.87. The molecule has 0 aliphatic carbocycles. The van der Waals surface area contributed by atoms with Crippen LogP contribution in [0.1, 0.15) is 35.8 Å². The number of hydrogen-bond acceptors (Lipinski definition) is 4. The monoisotopic (exact) mass is 284 g/mol. The molecule has 2 rings (SSSR count). The molecule has 0 spiro atoms. The SMILES string of the molecule is CCCCNc1nccc(C(=O)Nc2ccc(C)cc2)n1. The highest BCUT2D eigenvalue weighted by molar-refractivity contribution is 6.02. The zero-order valence-corrected chi connectivity index (χ0v) is 12.4. The third-order valence-electron chi connectivity index (χ3n) is 3.01. The Labute approximate surface area is 124 Å². The van der Waals surface area contributed by atoms with Crippen LogP contribution in [-0.2, 0) is 0 Å². The molecule has 21 heavy (non-hydrogen) atoms. The van der Waals surface area contributed by atoms with E-state index in [9.17, 15) is 4.79 Å². The topological polar surface area (TPSA) is 66.9 Å². The highest BCUT2D eigenvalue weighted by Crippen LogP contribution is 2.10. The van der Waals surface area contributed by atoms with Gasteiger partial charge in [-0.3, -0.25) is 4.79 Å². The number of aryl methyl sites for hydroxylation is 1. The molecule has 0 saturated heterocycles. The first-order valence-corrected chi connectivity index (χ1v) is 7.14. The van der Waals surface area contributed by atoms with Crippen LogP contribution < -0.4 is 10.6 Å². The van der Waals surface area contributed by atoms with Crippen LogP contribution in [-0.4, -0.2) is 22.4 Å². The minimum absolute atomic E-state index is 0.236. The number of carbonyl (C=O) groups excluding carboxylic acids is 1. The van der Waals surface area contributed by atoms with Crippen molar-refractivity contribution in [3.8, 4) is 0 Å². The fourth-order valence-corrected chi connectivity index (χ4v) is 1.78. The smallest absolute Gasteiger partial charge is 0.274 e. The number of nitrogens with zero attached hydrogens (tertiary/aromatic N) is 2. The first kappa shape index (κ1) is 15.0. The fourth-order valence-electron chi connectivity index (χ4n) is 1.78. The first-order chi connectivity index (χ1) is 10.2. The van der Waals surface area contributed by atoms with Crippen LogP contribution in [0.3, 0.4) is 0 Å². The zero-order valence-electron chi connectivity index (χ0n) is 12.4. The van der Waals surface area contributed by atoms with Crippen molar-refractivity contribution in [1.82, 2.24) is 9.97 Å². The van der Waals surface area contributed by atoms with Crippen LogP contribution in [0.15, 0.2) is 36.5 Å². The predicted octanol–water partition coefficient (Wildman–Crippen LogP) is 3.25. The molecule has 2 aromatic rings. The molecule has 0 aliphatic heterocycles. The van der Waals surface area contributed by atoms with E-state index in [-0.39, 0.29) is 5.91 Å². The number of unbranched alkanes of at least 4 members (excludes halogenated alkanes) is 1. The van der Waals surface area contributed by atoms with Crippen LogP contribution >= 0.6 is 0 Å². The summed E-state index contributed by atoms with van der Waals surface area (Å²) in [6.45, 7) is 4.93. The van der Waals surface area contributed by atoms with Crippen molar-refractivity contribution in [2.75, 3.05) is 17.2 Å². The molecule has 0 saturated carbocycles. The minimum atomic E-state index is -0.236. The summed E-state index contributed by atoms with van der Waals surface area (Å²) < 4.78 is 0. The average molecular weight is 284 g/mol. The molecule has 0 radical (unpaired) electrons. The van der Waals surface area contributed by atoms with Gasteiger partial charge in [0.15, 0.2) is 0 Å². The van der Waals surface area contributed by atoms with Gasteiger partial charge in [0, 0.05) is 18.4 Å². The van der Waals surface area contributed by atoms with Gasteiger partial charge in [-0.05, 0) is 31.5 Å². The first-order valence-electron chi connectivity index (χ1n) is 7.14. The minimum Gasteiger partial charge on any atom is -0.354 e. The van der Waals surface area contributed by atoms with Gasteiger partial charge in [-0.15, -0.1) is 0 Å². The molecule has 0 aliphatic rings. The maximum Gasteiger partial charge on any atom is 0.274 e.